The normalized spacial score (nSPS) is 14.2. The number of aliphatic hydroxyl groups excluding tert-OH is 1. The number of hydrogen-bond donors (Lipinski definition) is 2. The smallest absolute Gasteiger partial charge is 0.120 e. The average Bonchev–Trinajstić information content (AvgIpc) is 2.36. The van der Waals surface area contributed by atoms with Crippen molar-refractivity contribution < 1.29 is 14.6 Å². The molecular formula is C13H20BrNO3. The van der Waals surface area contributed by atoms with E-state index >= 15 is 0 Å². The van der Waals surface area contributed by atoms with Crippen LogP contribution in [0.25, 0.3) is 0 Å². The predicted molar refractivity (Wildman–Crippen MR) is 75.0 cm³/mol. The van der Waals surface area contributed by atoms with Crippen molar-refractivity contribution in [1.29, 1.82) is 0 Å². The van der Waals surface area contributed by atoms with Crippen molar-refractivity contribution >= 4 is 15.9 Å². The van der Waals surface area contributed by atoms with Gasteiger partial charge in [-0.1, -0.05) is 22.0 Å². The number of rotatable bonds is 8. The fourth-order valence-electron chi connectivity index (χ4n) is 1.34. The van der Waals surface area contributed by atoms with Crippen molar-refractivity contribution in [3.05, 3.63) is 28.7 Å². The summed E-state index contributed by atoms with van der Waals surface area (Å²) in [5.41, 5.74) is 0. The van der Waals surface area contributed by atoms with Crippen LogP contribution in [0.4, 0.5) is 0 Å². The van der Waals surface area contributed by atoms with Crippen LogP contribution in [0.2, 0.25) is 0 Å². The van der Waals surface area contributed by atoms with E-state index in [0.717, 1.165) is 10.2 Å². The molecule has 2 N–H and O–H groups in total. The highest BCUT2D eigenvalue weighted by molar-refractivity contribution is 9.10. The Morgan fingerprint density at radius 2 is 2.17 bits per heavy atom. The molecule has 1 aromatic rings. The van der Waals surface area contributed by atoms with Crippen LogP contribution in [0, 0.1) is 0 Å². The van der Waals surface area contributed by atoms with E-state index in [1.165, 1.54) is 0 Å². The molecule has 0 bridgehead atoms. The number of benzene rings is 1. The van der Waals surface area contributed by atoms with Crippen molar-refractivity contribution in [1.82, 2.24) is 5.32 Å². The van der Waals surface area contributed by atoms with Gasteiger partial charge in [-0.15, -0.1) is 0 Å². The van der Waals surface area contributed by atoms with Gasteiger partial charge in [0.15, 0.2) is 0 Å². The van der Waals surface area contributed by atoms with E-state index in [0.29, 0.717) is 13.1 Å². The van der Waals surface area contributed by atoms with Gasteiger partial charge >= 0.3 is 0 Å². The highest BCUT2D eigenvalue weighted by atomic mass is 79.9. The summed E-state index contributed by atoms with van der Waals surface area (Å²) in [6.07, 6.45) is -0.392. The molecule has 1 rings (SSSR count). The number of aliphatic hydroxyl groups is 1. The highest BCUT2D eigenvalue weighted by Gasteiger charge is 2.06. The summed E-state index contributed by atoms with van der Waals surface area (Å²) in [5, 5.41) is 12.8. The van der Waals surface area contributed by atoms with Crippen molar-refractivity contribution in [3.63, 3.8) is 0 Å². The second kappa shape index (κ2) is 8.48. The molecular weight excluding hydrogens is 298 g/mol. The number of ether oxygens (including phenoxy) is 2. The largest absolute Gasteiger partial charge is 0.491 e. The van der Waals surface area contributed by atoms with Crippen LogP contribution >= 0.6 is 15.9 Å². The molecule has 5 heteroatoms. The summed E-state index contributed by atoms with van der Waals surface area (Å²) in [6.45, 7) is 3.44. The first kappa shape index (κ1) is 15.4. The molecule has 102 valence electrons. The van der Waals surface area contributed by atoms with Gasteiger partial charge in [-0.05, 0) is 25.1 Å². The van der Waals surface area contributed by atoms with Crippen LogP contribution in [0.15, 0.2) is 28.7 Å². The van der Waals surface area contributed by atoms with Crippen molar-refractivity contribution in [2.24, 2.45) is 0 Å². The zero-order valence-corrected chi connectivity index (χ0v) is 12.3. The Hall–Kier alpha value is -0.620. The maximum absolute atomic E-state index is 9.73. The second-order valence-corrected chi connectivity index (χ2v) is 5.04. The first-order valence-electron chi connectivity index (χ1n) is 5.91. The molecule has 0 saturated heterocycles. The van der Waals surface area contributed by atoms with Crippen molar-refractivity contribution in [2.45, 2.75) is 19.1 Å². The first-order valence-corrected chi connectivity index (χ1v) is 6.71. The summed E-state index contributed by atoms with van der Waals surface area (Å²) in [5.74, 6) is 0.744. The maximum atomic E-state index is 9.73. The van der Waals surface area contributed by atoms with Gasteiger partial charge in [-0.25, -0.2) is 0 Å². The lowest BCUT2D eigenvalue weighted by atomic mass is 10.3. The van der Waals surface area contributed by atoms with Gasteiger partial charge in [0, 0.05) is 24.7 Å². The lowest BCUT2D eigenvalue weighted by Crippen LogP contribution is -2.35. The molecule has 0 saturated carbocycles. The summed E-state index contributed by atoms with van der Waals surface area (Å²) < 4.78 is 11.5. The molecule has 18 heavy (non-hydrogen) atoms. The zero-order valence-electron chi connectivity index (χ0n) is 10.7. The predicted octanol–water partition coefficient (Wildman–Crippen LogP) is 1.81. The van der Waals surface area contributed by atoms with Crippen molar-refractivity contribution in [2.75, 3.05) is 26.8 Å². The van der Waals surface area contributed by atoms with Crippen LogP contribution in [-0.2, 0) is 4.74 Å². The van der Waals surface area contributed by atoms with Crippen LogP contribution in [0.3, 0.4) is 0 Å². The standard InChI is InChI=1S/C13H20BrNO3/c1-10(17-2)7-15-8-12(16)9-18-13-5-3-4-11(14)6-13/h3-6,10,12,15-16H,7-9H2,1-2H3. The lowest BCUT2D eigenvalue weighted by Gasteiger charge is -2.15. The van der Waals surface area contributed by atoms with E-state index < -0.39 is 6.10 Å². The Labute approximate surface area is 116 Å². The molecule has 0 spiro atoms. The molecule has 1 aromatic carbocycles. The van der Waals surface area contributed by atoms with Crippen LogP contribution in [-0.4, -0.2) is 44.1 Å². The number of hydrogen-bond acceptors (Lipinski definition) is 4. The summed E-state index contributed by atoms with van der Waals surface area (Å²) in [6, 6.07) is 7.55. The third-order valence-corrected chi connectivity index (χ3v) is 2.95. The fourth-order valence-corrected chi connectivity index (χ4v) is 1.72. The van der Waals surface area contributed by atoms with E-state index in [-0.39, 0.29) is 12.7 Å². The Morgan fingerprint density at radius 3 is 2.83 bits per heavy atom. The minimum atomic E-state index is -0.534. The Balaban J connectivity index is 2.19. The Kier molecular flexibility index (Phi) is 7.27. The molecule has 0 radical (unpaired) electrons. The Bertz CT molecular complexity index is 349. The Morgan fingerprint density at radius 1 is 1.39 bits per heavy atom. The quantitative estimate of drug-likeness (QED) is 0.768. The fraction of sp³-hybridized carbons (Fsp3) is 0.538. The molecule has 0 aliphatic rings. The van der Waals surface area contributed by atoms with Crippen molar-refractivity contribution in [3.8, 4) is 5.75 Å². The number of halogens is 1. The monoisotopic (exact) mass is 317 g/mol. The second-order valence-electron chi connectivity index (χ2n) is 4.13. The van der Waals surface area contributed by atoms with Crippen LogP contribution < -0.4 is 10.1 Å². The maximum Gasteiger partial charge on any atom is 0.120 e. The van der Waals surface area contributed by atoms with E-state index in [1.54, 1.807) is 7.11 Å². The highest BCUT2D eigenvalue weighted by Crippen LogP contribution is 2.17. The van der Waals surface area contributed by atoms with Gasteiger partial charge in [-0.2, -0.15) is 0 Å². The lowest BCUT2D eigenvalue weighted by molar-refractivity contribution is 0.0904. The van der Waals surface area contributed by atoms with Gasteiger partial charge in [0.05, 0.1) is 6.10 Å². The molecule has 0 heterocycles. The number of nitrogens with one attached hydrogen (secondary N) is 1. The molecule has 2 unspecified atom stereocenters. The minimum Gasteiger partial charge on any atom is -0.491 e. The summed E-state index contributed by atoms with van der Waals surface area (Å²) in [4.78, 5) is 0. The van der Waals surface area contributed by atoms with Gasteiger partial charge in [0.25, 0.3) is 0 Å². The molecule has 0 aliphatic heterocycles. The summed E-state index contributed by atoms with van der Waals surface area (Å²) >= 11 is 3.37. The van der Waals surface area contributed by atoms with Gasteiger partial charge in [-0.3, -0.25) is 0 Å². The first-order chi connectivity index (χ1) is 8.61. The van der Waals surface area contributed by atoms with E-state index in [2.05, 4.69) is 21.2 Å². The van der Waals surface area contributed by atoms with E-state index in [4.69, 9.17) is 9.47 Å². The summed E-state index contributed by atoms with van der Waals surface area (Å²) in [7, 11) is 1.67. The molecule has 0 fully saturated rings. The minimum absolute atomic E-state index is 0.142. The van der Waals surface area contributed by atoms with Gasteiger partial charge in [0.1, 0.15) is 18.5 Å². The third-order valence-electron chi connectivity index (χ3n) is 2.45. The SMILES string of the molecule is COC(C)CNCC(O)COc1cccc(Br)c1. The molecule has 0 aliphatic carbocycles. The van der Waals surface area contributed by atoms with Crippen LogP contribution in [0.5, 0.6) is 5.75 Å². The third kappa shape index (κ3) is 6.35. The van der Waals surface area contributed by atoms with E-state index in [1.807, 2.05) is 31.2 Å². The van der Waals surface area contributed by atoms with Gasteiger partial charge in [0.2, 0.25) is 0 Å². The number of methoxy groups -OCH3 is 1. The average molecular weight is 318 g/mol. The molecule has 2 atom stereocenters. The molecule has 0 amide bonds. The van der Waals surface area contributed by atoms with E-state index in [9.17, 15) is 5.11 Å². The van der Waals surface area contributed by atoms with Crippen LogP contribution in [0.1, 0.15) is 6.92 Å². The van der Waals surface area contributed by atoms with Gasteiger partial charge < -0.3 is 19.9 Å². The zero-order chi connectivity index (χ0) is 13.4. The topological polar surface area (TPSA) is 50.7 Å². The molecule has 0 aromatic heterocycles. The molecule has 4 nitrogen and oxygen atoms in total.